The van der Waals surface area contributed by atoms with Crippen LogP contribution >= 0.6 is 0 Å². The molecule has 0 unspecified atom stereocenters. The summed E-state index contributed by atoms with van der Waals surface area (Å²) in [6, 6.07) is 5.74. The maximum atomic E-state index is 8.96. The number of ether oxygens (including phenoxy) is 2. The molecule has 1 N–H and O–H groups in total. The number of methoxy groups -OCH3 is 2. The minimum atomic E-state index is 0.141. The minimum absolute atomic E-state index is 0.141. The van der Waals surface area contributed by atoms with Gasteiger partial charge < -0.3 is 19.5 Å². The summed E-state index contributed by atoms with van der Waals surface area (Å²) < 4.78 is 10.4. The maximum Gasteiger partial charge on any atom is 0.162 e. The van der Waals surface area contributed by atoms with E-state index in [9.17, 15) is 0 Å². The number of nitrogens with zero attached hydrogens (tertiary/aromatic N) is 1. The minimum Gasteiger partial charge on any atom is -0.493 e. The summed E-state index contributed by atoms with van der Waals surface area (Å²) in [5, 5.41) is 8.96. The number of rotatable bonds is 6. The Morgan fingerprint density at radius 1 is 1.11 bits per heavy atom. The van der Waals surface area contributed by atoms with Gasteiger partial charge in [0.2, 0.25) is 0 Å². The molecule has 104 valence electrons. The number of likely N-dealkylation sites (N-methyl/N-ethyl adjacent to an activating group) is 1. The standard InChI is InChI=1S/C12H19NO3.C2H6/c1-4-13(7-8-14)10-5-6-11(15-2)12(9-10)16-3;1-2/h5-6,9,14H,4,7-8H2,1-3H3;1-2H3. The highest BCUT2D eigenvalue weighted by atomic mass is 16.5. The fourth-order valence-electron chi connectivity index (χ4n) is 1.61. The SMILES string of the molecule is CC.CCN(CCO)c1ccc(OC)c(OC)c1. The summed E-state index contributed by atoms with van der Waals surface area (Å²) in [5.41, 5.74) is 1.02. The predicted molar refractivity (Wildman–Crippen MR) is 75.9 cm³/mol. The fraction of sp³-hybridized carbons (Fsp3) is 0.571. The highest BCUT2D eigenvalue weighted by Gasteiger charge is 2.08. The molecule has 0 atom stereocenters. The number of anilines is 1. The van der Waals surface area contributed by atoms with Crippen molar-refractivity contribution in [3.63, 3.8) is 0 Å². The summed E-state index contributed by atoms with van der Waals surface area (Å²) in [4.78, 5) is 2.07. The molecular weight excluding hydrogens is 230 g/mol. The monoisotopic (exact) mass is 255 g/mol. The second-order valence-corrected chi connectivity index (χ2v) is 3.34. The van der Waals surface area contributed by atoms with Gasteiger partial charge in [0, 0.05) is 24.8 Å². The van der Waals surface area contributed by atoms with Gasteiger partial charge in [-0.3, -0.25) is 0 Å². The van der Waals surface area contributed by atoms with Gasteiger partial charge in [-0.2, -0.15) is 0 Å². The Labute approximate surface area is 110 Å². The Morgan fingerprint density at radius 3 is 2.17 bits per heavy atom. The number of benzene rings is 1. The third-order valence-electron chi connectivity index (χ3n) is 2.48. The van der Waals surface area contributed by atoms with Crippen molar-refractivity contribution in [3.05, 3.63) is 18.2 Å². The van der Waals surface area contributed by atoms with Crippen LogP contribution in [0.4, 0.5) is 5.69 Å². The lowest BCUT2D eigenvalue weighted by Crippen LogP contribution is -2.26. The van der Waals surface area contributed by atoms with Gasteiger partial charge in [-0.05, 0) is 19.1 Å². The lowest BCUT2D eigenvalue weighted by Gasteiger charge is -2.23. The number of hydrogen-bond donors (Lipinski definition) is 1. The molecular formula is C14H25NO3. The smallest absolute Gasteiger partial charge is 0.162 e. The Hall–Kier alpha value is -1.42. The quantitative estimate of drug-likeness (QED) is 0.848. The average Bonchev–Trinajstić information content (AvgIpc) is 2.46. The van der Waals surface area contributed by atoms with Crippen molar-refractivity contribution in [1.29, 1.82) is 0 Å². The Bertz CT molecular complexity index is 329. The third kappa shape index (κ3) is 4.45. The number of hydrogen-bond acceptors (Lipinski definition) is 4. The molecule has 1 rings (SSSR count). The van der Waals surface area contributed by atoms with Crippen LogP contribution in [0, 0.1) is 0 Å². The van der Waals surface area contributed by atoms with Crippen molar-refractivity contribution in [1.82, 2.24) is 0 Å². The molecule has 0 fully saturated rings. The van der Waals surface area contributed by atoms with Crippen LogP contribution in [0.25, 0.3) is 0 Å². The molecule has 0 saturated carbocycles. The fourth-order valence-corrected chi connectivity index (χ4v) is 1.61. The van der Waals surface area contributed by atoms with Gasteiger partial charge in [0.15, 0.2) is 11.5 Å². The maximum absolute atomic E-state index is 8.96. The van der Waals surface area contributed by atoms with Crippen molar-refractivity contribution in [2.24, 2.45) is 0 Å². The van der Waals surface area contributed by atoms with Crippen LogP contribution in [0.3, 0.4) is 0 Å². The van der Waals surface area contributed by atoms with Crippen LogP contribution in [0.5, 0.6) is 11.5 Å². The normalized spacial score (nSPS) is 9.22. The van der Waals surface area contributed by atoms with Crippen LogP contribution < -0.4 is 14.4 Å². The third-order valence-corrected chi connectivity index (χ3v) is 2.48. The molecule has 0 amide bonds. The first kappa shape index (κ1) is 16.6. The predicted octanol–water partition coefficient (Wildman–Crippen LogP) is 2.55. The number of aliphatic hydroxyl groups is 1. The second-order valence-electron chi connectivity index (χ2n) is 3.34. The van der Waals surface area contributed by atoms with E-state index in [0.717, 1.165) is 12.2 Å². The van der Waals surface area contributed by atoms with E-state index in [2.05, 4.69) is 4.90 Å². The van der Waals surface area contributed by atoms with Gasteiger partial charge in [-0.25, -0.2) is 0 Å². The molecule has 0 saturated heterocycles. The zero-order valence-electron chi connectivity index (χ0n) is 12.1. The zero-order chi connectivity index (χ0) is 14.0. The van der Waals surface area contributed by atoms with Crippen LogP contribution in [-0.2, 0) is 0 Å². The lowest BCUT2D eigenvalue weighted by atomic mass is 10.2. The molecule has 18 heavy (non-hydrogen) atoms. The molecule has 0 aromatic heterocycles. The van der Waals surface area contributed by atoms with Gasteiger partial charge >= 0.3 is 0 Å². The van der Waals surface area contributed by atoms with Crippen molar-refractivity contribution in [2.45, 2.75) is 20.8 Å². The first-order chi connectivity index (χ1) is 8.76. The van der Waals surface area contributed by atoms with E-state index in [4.69, 9.17) is 14.6 Å². The molecule has 4 nitrogen and oxygen atoms in total. The van der Waals surface area contributed by atoms with Gasteiger partial charge in [0.05, 0.1) is 20.8 Å². The first-order valence-corrected chi connectivity index (χ1v) is 6.34. The van der Waals surface area contributed by atoms with Crippen LogP contribution in [0.1, 0.15) is 20.8 Å². The molecule has 1 aromatic rings. The van der Waals surface area contributed by atoms with Gasteiger partial charge in [0.25, 0.3) is 0 Å². The Morgan fingerprint density at radius 2 is 1.72 bits per heavy atom. The Balaban J connectivity index is 0.00000137. The van der Waals surface area contributed by atoms with E-state index >= 15 is 0 Å². The second kappa shape index (κ2) is 9.59. The van der Waals surface area contributed by atoms with Gasteiger partial charge in [-0.15, -0.1) is 0 Å². The van der Waals surface area contributed by atoms with Crippen LogP contribution in [0.15, 0.2) is 18.2 Å². The summed E-state index contributed by atoms with van der Waals surface area (Å²) in [6.45, 7) is 7.65. The molecule has 0 aliphatic rings. The van der Waals surface area contributed by atoms with E-state index in [1.54, 1.807) is 14.2 Å². The Kier molecular flexibility index (Phi) is 8.84. The van der Waals surface area contributed by atoms with E-state index < -0.39 is 0 Å². The molecule has 0 bridgehead atoms. The van der Waals surface area contributed by atoms with Crippen LogP contribution in [-0.4, -0.2) is 39.0 Å². The molecule has 0 aliphatic carbocycles. The highest BCUT2D eigenvalue weighted by Crippen LogP contribution is 2.31. The molecule has 4 heteroatoms. The first-order valence-electron chi connectivity index (χ1n) is 6.34. The van der Waals surface area contributed by atoms with Crippen molar-refractivity contribution < 1.29 is 14.6 Å². The highest BCUT2D eigenvalue weighted by molar-refractivity contribution is 5.56. The zero-order valence-corrected chi connectivity index (χ0v) is 12.1. The summed E-state index contributed by atoms with van der Waals surface area (Å²) in [6.07, 6.45) is 0. The molecule has 1 aromatic carbocycles. The van der Waals surface area contributed by atoms with Crippen molar-refractivity contribution in [3.8, 4) is 11.5 Å². The van der Waals surface area contributed by atoms with E-state index in [-0.39, 0.29) is 6.61 Å². The van der Waals surface area contributed by atoms with Crippen molar-refractivity contribution in [2.75, 3.05) is 38.8 Å². The van der Waals surface area contributed by atoms with E-state index in [1.807, 2.05) is 39.0 Å². The van der Waals surface area contributed by atoms with E-state index in [0.29, 0.717) is 18.0 Å². The van der Waals surface area contributed by atoms with E-state index in [1.165, 1.54) is 0 Å². The lowest BCUT2D eigenvalue weighted by molar-refractivity contribution is 0.302. The van der Waals surface area contributed by atoms with Crippen molar-refractivity contribution >= 4 is 5.69 Å². The molecule has 0 aliphatic heterocycles. The van der Waals surface area contributed by atoms with Gasteiger partial charge in [0.1, 0.15) is 0 Å². The summed E-state index contributed by atoms with van der Waals surface area (Å²) in [7, 11) is 3.23. The molecule has 0 heterocycles. The topological polar surface area (TPSA) is 41.9 Å². The van der Waals surface area contributed by atoms with Gasteiger partial charge in [-0.1, -0.05) is 13.8 Å². The molecule has 0 radical (unpaired) electrons. The number of aliphatic hydroxyl groups excluding tert-OH is 1. The summed E-state index contributed by atoms with van der Waals surface area (Å²) in [5.74, 6) is 1.42. The molecule has 0 spiro atoms. The largest absolute Gasteiger partial charge is 0.493 e. The average molecular weight is 255 g/mol. The van der Waals surface area contributed by atoms with Crippen LogP contribution in [0.2, 0.25) is 0 Å². The summed E-state index contributed by atoms with van der Waals surface area (Å²) >= 11 is 0.